The summed E-state index contributed by atoms with van der Waals surface area (Å²) < 4.78 is 11.5. The quantitative estimate of drug-likeness (QED) is 0.0973. The van der Waals surface area contributed by atoms with Crippen molar-refractivity contribution < 1.29 is 14.3 Å². The molecule has 2 N–H and O–H groups in total. The Hall–Kier alpha value is -2.17. The van der Waals surface area contributed by atoms with E-state index in [0.717, 1.165) is 24.0 Å². The molecule has 34 heavy (non-hydrogen) atoms. The molecule has 1 aromatic rings. The average molecular weight is 468 g/mol. The largest absolute Gasteiger partial charge is 0.462 e. The molecule has 0 bridgehead atoms. The van der Waals surface area contributed by atoms with Crippen LogP contribution in [0.4, 0.5) is 0 Å². The predicted octanol–water partition coefficient (Wildman–Crippen LogP) is 7.21. The number of allylic oxidation sites excluding steroid dienone is 2. The van der Waals surface area contributed by atoms with Gasteiger partial charge in [0, 0.05) is 25.0 Å². The van der Waals surface area contributed by atoms with Gasteiger partial charge in [0.05, 0.1) is 6.61 Å². The topological polar surface area (TPSA) is 61.5 Å². The van der Waals surface area contributed by atoms with Gasteiger partial charge < -0.3 is 9.47 Å². The fraction of sp³-hybridized carbons (Fsp3) is 0.567. The molecule has 1 aromatic carbocycles. The van der Waals surface area contributed by atoms with E-state index >= 15 is 0 Å². The maximum atomic E-state index is 12.2. The van der Waals surface area contributed by atoms with Gasteiger partial charge in [0.15, 0.2) is 0 Å². The van der Waals surface area contributed by atoms with Crippen molar-refractivity contribution in [2.75, 3.05) is 13.2 Å². The Labute approximate surface area is 207 Å². The van der Waals surface area contributed by atoms with Crippen LogP contribution >= 0.6 is 0 Å². The van der Waals surface area contributed by atoms with Gasteiger partial charge in [-0.25, -0.2) is 4.79 Å². The first-order valence-corrected chi connectivity index (χ1v) is 13.2. The fourth-order valence-corrected chi connectivity index (χ4v) is 3.98. The second kappa shape index (κ2) is 15.7. The molecular formula is C30H45NO3. The molecular weight excluding hydrogens is 422 g/mol. The summed E-state index contributed by atoms with van der Waals surface area (Å²) in [4.78, 5) is 12.2. The minimum Gasteiger partial charge on any atom is -0.462 e. The van der Waals surface area contributed by atoms with Crippen molar-refractivity contribution in [2.24, 2.45) is 17.6 Å². The second-order valence-corrected chi connectivity index (χ2v) is 9.62. The molecule has 0 amide bonds. The summed E-state index contributed by atoms with van der Waals surface area (Å²) in [6.07, 6.45) is 19.9. The maximum Gasteiger partial charge on any atom is 0.330 e. The van der Waals surface area contributed by atoms with Crippen LogP contribution in [0.25, 0.3) is 6.08 Å². The number of rotatable bonds is 15. The zero-order chi connectivity index (χ0) is 24.7. The highest BCUT2D eigenvalue weighted by atomic mass is 16.5. The summed E-state index contributed by atoms with van der Waals surface area (Å²) in [6.45, 7) is 7.53. The molecule has 0 spiro atoms. The van der Waals surface area contributed by atoms with E-state index in [4.69, 9.17) is 15.2 Å². The lowest BCUT2D eigenvalue weighted by molar-refractivity contribution is -0.139. The van der Waals surface area contributed by atoms with E-state index in [9.17, 15) is 4.79 Å². The molecule has 2 rings (SSSR count). The van der Waals surface area contributed by atoms with E-state index in [0.29, 0.717) is 25.6 Å². The zero-order valence-corrected chi connectivity index (χ0v) is 21.5. The normalized spacial score (nSPS) is 22.4. The molecule has 4 heteroatoms. The first-order valence-electron chi connectivity index (χ1n) is 13.2. The van der Waals surface area contributed by atoms with Crippen LogP contribution in [0, 0.1) is 11.8 Å². The number of benzene rings is 1. The summed E-state index contributed by atoms with van der Waals surface area (Å²) in [5, 5.41) is 0. The Morgan fingerprint density at radius 3 is 2.53 bits per heavy atom. The minimum atomic E-state index is -0.815. The Bertz CT molecular complexity index is 799. The van der Waals surface area contributed by atoms with Crippen molar-refractivity contribution in [3.05, 3.63) is 65.8 Å². The number of unbranched alkanes of at least 4 members (excludes halogenated alkanes) is 6. The maximum absolute atomic E-state index is 12.2. The molecule has 4 nitrogen and oxygen atoms in total. The minimum absolute atomic E-state index is 0.0183. The van der Waals surface area contributed by atoms with E-state index < -0.39 is 5.72 Å². The summed E-state index contributed by atoms with van der Waals surface area (Å²) in [5.74, 6) is 0.0505. The van der Waals surface area contributed by atoms with Crippen molar-refractivity contribution in [1.82, 2.24) is 0 Å². The van der Waals surface area contributed by atoms with Crippen LogP contribution in [0.5, 0.6) is 0 Å². The number of carbonyl (C=O) groups is 1. The van der Waals surface area contributed by atoms with Crippen molar-refractivity contribution in [2.45, 2.75) is 84.3 Å². The molecule has 1 aliphatic carbocycles. The lowest BCUT2D eigenvalue weighted by atomic mass is 9.84. The Morgan fingerprint density at radius 1 is 1.12 bits per heavy atom. The van der Waals surface area contributed by atoms with Gasteiger partial charge in [-0.3, -0.25) is 5.73 Å². The molecule has 0 aliphatic heterocycles. The lowest BCUT2D eigenvalue weighted by Crippen LogP contribution is -2.43. The van der Waals surface area contributed by atoms with E-state index in [1.165, 1.54) is 38.5 Å². The molecule has 0 radical (unpaired) electrons. The highest BCUT2D eigenvalue weighted by Gasteiger charge is 2.30. The van der Waals surface area contributed by atoms with E-state index in [-0.39, 0.29) is 11.9 Å². The monoisotopic (exact) mass is 467 g/mol. The third kappa shape index (κ3) is 10.8. The van der Waals surface area contributed by atoms with Gasteiger partial charge in [-0.05, 0) is 24.0 Å². The smallest absolute Gasteiger partial charge is 0.330 e. The Kier molecular flexibility index (Phi) is 12.9. The van der Waals surface area contributed by atoms with Gasteiger partial charge in [-0.15, -0.1) is 0 Å². The summed E-state index contributed by atoms with van der Waals surface area (Å²) >= 11 is 0. The van der Waals surface area contributed by atoms with Gasteiger partial charge in [0.1, 0.15) is 5.72 Å². The molecule has 188 valence electrons. The van der Waals surface area contributed by atoms with Gasteiger partial charge in [-0.2, -0.15) is 0 Å². The Morgan fingerprint density at radius 2 is 1.82 bits per heavy atom. The third-order valence-corrected chi connectivity index (χ3v) is 6.41. The van der Waals surface area contributed by atoms with Crippen molar-refractivity contribution in [3.63, 3.8) is 0 Å². The number of esters is 1. The van der Waals surface area contributed by atoms with Crippen LogP contribution in [0.2, 0.25) is 0 Å². The molecule has 0 heterocycles. The molecule has 0 aromatic heterocycles. The van der Waals surface area contributed by atoms with Crippen LogP contribution in [0.15, 0.2) is 60.2 Å². The SMILES string of the molecule is CCCCCCCCCOC1(N)C=CC(C=CC(=O)OCC(C)CC)C(=Cc2ccccc2)C1. The third-order valence-electron chi connectivity index (χ3n) is 6.41. The number of hydrogen-bond acceptors (Lipinski definition) is 4. The molecule has 3 atom stereocenters. The van der Waals surface area contributed by atoms with E-state index in [1.807, 2.05) is 36.4 Å². The van der Waals surface area contributed by atoms with E-state index in [2.05, 4.69) is 39.0 Å². The highest BCUT2D eigenvalue weighted by Crippen LogP contribution is 2.33. The molecule has 3 unspecified atom stereocenters. The Balaban J connectivity index is 1.99. The number of hydrogen-bond donors (Lipinski definition) is 1. The van der Waals surface area contributed by atoms with Crippen LogP contribution < -0.4 is 5.73 Å². The van der Waals surface area contributed by atoms with Gasteiger partial charge in [0.2, 0.25) is 0 Å². The van der Waals surface area contributed by atoms with Gasteiger partial charge in [0.25, 0.3) is 0 Å². The van der Waals surface area contributed by atoms with Crippen LogP contribution in [0.1, 0.15) is 84.1 Å². The van der Waals surface area contributed by atoms with Crippen LogP contribution in [0.3, 0.4) is 0 Å². The lowest BCUT2D eigenvalue weighted by Gasteiger charge is -2.33. The van der Waals surface area contributed by atoms with Crippen molar-refractivity contribution >= 4 is 12.0 Å². The average Bonchev–Trinajstić information content (AvgIpc) is 2.84. The number of ether oxygens (including phenoxy) is 2. The fourth-order valence-electron chi connectivity index (χ4n) is 3.98. The molecule has 1 aliphatic rings. The first-order chi connectivity index (χ1) is 16.5. The predicted molar refractivity (Wildman–Crippen MR) is 142 cm³/mol. The summed E-state index contributed by atoms with van der Waals surface area (Å²) in [7, 11) is 0. The molecule has 0 fully saturated rings. The van der Waals surface area contributed by atoms with Gasteiger partial charge in [-0.1, -0.05) is 120 Å². The number of nitrogens with two attached hydrogens (primary N) is 1. The first kappa shape index (κ1) is 28.1. The molecule has 0 saturated carbocycles. The number of carbonyl (C=O) groups excluding carboxylic acids is 1. The van der Waals surface area contributed by atoms with E-state index in [1.54, 1.807) is 6.08 Å². The van der Waals surface area contributed by atoms with Crippen molar-refractivity contribution in [1.29, 1.82) is 0 Å². The molecule has 0 saturated heterocycles. The van der Waals surface area contributed by atoms with Crippen molar-refractivity contribution in [3.8, 4) is 0 Å². The summed E-state index contributed by atoms with van der Waals surface area (Å²) in [5.41, 5.74) is 8.05. The van der Waals surface area contributed by atoms with Gasteiger partial charge >= 0.3 is 5.97 Å². The summed E-state index contributed by atoms with van der Waals surface area (Å²) in [6, 6.07) is 10.2. The van der Waals surface area contributed by atoms with Crippen LogP contribution in [-0.4, -0.2) is 24.9 Å². The second-order valence-electron chi connectivity index (χ2n) is 9.62. The highest BCUT2D eigenvalue weighted by molar-refractivity contribution is 5.82. The standard InChI is InChI=1S/C30H45NO3/c1-4-6-7-8-9-10-14-21-34-30(31)20-19-27(17-18-29(32)33-24-25(3)5-2)28(23-30)22-26-15-12-11-13-16-26/h11-13,15-20,22,25,27H,4-10,14,21,23-24,31H2,1-3H3. The van der Waals surface area contributed by atoms with Crippen LogP contribution in [-0.2, 0) is 14.3 Å². The zero-order valence-electron chi connectivity index (χ0n) is 21.5.